The molecule has 1 atom stereocenters. The van der Waals surface area contributed by atoms with E-state index < -0.39 is 10.0 Å². The molecule has 6 heteroatoms. The van der Waals surface area contributed by atoms with E-state index in [0.29, 0.717) is 23.7 Å². The highest BCUT2D eigenvalue weighted by Gasteiger charge is 2.28. The molecule has 0 aromatic heterocycles. The number of rotatable bonds is 12. The van der Waals surface area contributed by atoms with Gasteiger partial charge >= 0.3 is 0 Å². The van der Waals surface area contributed by atoms with Crippen molar-refractivity contribution in [3.8, 4) is 0 Å². The van der Waals surface area contributed by atoms with Crippen molar-refractivity contribution in [1.82, 2.24) is 5.32 Å². The third-order valence-corrected chi connectivity index (χ3v) is 7.79. The van der Waals surface area contributed by atoms with Crippen molar-refractivity contribution in [1.29, 1.82) is 0 Å². The summed E-state index contributed by atoms with van der Waals surface area (Å²) in [7, 11) is -3.90. The highest BCUT2D eigenvalue weighted by Crippen LogP contribution is 2.29. The summed E-state index contributed by atoms with van der Waals surface area (Å²) in [5, 5.41) is 3.05. The van der Waals surface area contributed by atoms with Crippen molar-refractivity contribution >= 4 is 21.6 Å². The summed E-state index contributed by atoms with van der Waals surface area (Å²) in [6.07, 6.45) is 4.31. The molecular weight excluding hydrogens is 444 g/mol. The van der Waals surface area contributed by atoms with Gasteiger partial charge in [0.25, 0.3) is 15.9 Å². The van der Waals surface area contributed by atoms with E-state index in [4.69, 9.17) is 0 Å². The number of sulfonamides is 1. The van der Waals surface area contributed by atoms with Crippen molar-refractivity contribution in [2.24, 2.45) is 5.92 Å². The molecule has 0 aliphatic carbocycles. The molecule has 0 fully saturated rings. The third-order valence-electron chi connectivity index (χ3n) is 6.01. The number of para-hydroxylation sites is 1. The minimum atomic E-state index is -3.90. The zero-order chi connectivity index (χ0) is 24.4. The summed E-state index contributed by atoms with van der Waals surface area (Å²) in [5.41, 5.74) is 1.56. The van der Waals surface area contributed by atoms with Gasteiger partial charge in [-0.3, -0.25) is 9.10 Å². The Morgan fingerprint density at radius 1 is 0.882 bits per heavy atom. The summed E-state index contributed by atoms with van der Waals surface area (Å²) in [5.74, 6) is 0.149. The second-order valence-electron chi connectivity index (χ2n) is 8.45. The summed E-state index contributed by atoms with van der Waals surface area (Å²) >= 11 is 0. The molecule has 0 aliphatic rings. The van der Waals surface area contributed by atoms with Crippen LogP contribution in [-0.2, 0) is 16.6 Å². The van der Waals surface area contributed by atoms with Gasteiger partial charge < -0.3 is 5.32 Å². The van der Waals surface area contributed by atoms with Crippen LogP contribution in [0.2, 0.25) is 0 Å². The Morgan fingerprint density at radius 2 is 1.50 bits per heavy atom. The molecule has 180 valence electrons. The highest BCUT2D eigenvalue weighted by atomic mass is 32.2. The van der Waals surface area contributed by atoms with Gasteiger partial charge in [-0.25, -0.2) is 8.42 Å². The summed E-state index contributed by atoms with van der Waals surface area (Å²) in [4.78, 5) is 13.4. The number of anilines is 1. The molecule has 3 aromatic rings. The number of hydrogen-bond donors (Lipinski definition) is 1. The number of hydrogen-bond acceptors (Lipinski definition) is 3. The maximum absolute atomic E-state index is 13.7. The van der Waals surface area contributed by atoms with E-state index in [1.165, 1.54) is 4.31 Å². The molecule has 0 bridgehead atoms. The predicted molar refractivity (Wildman–Crippen MR) is 138 cm³/mol. The Hall–Kier alpha value is -3.12. The van der Waals surface area contributed by atoms with Crippen molar-refractivity contribution < 1.29 is 13.2 Å². The van der Waals surface area contributed by atoms with Gasteiger partial charge in [0.2, 0.25) is 0 Å². The van der Waals surface area contributed by atoms with Gasteiger partial charge in [-0.1, -0.05) is 93.8 Å². The number of amides is 1. The number of unbranched alkanes of at least 4 members (excludes halogenated alkanes) is 1. The summed E-state index contributed by atoms with van der Waals surface area (Å²) < 4.78 is 28.8. The number of nitrogens with zero attached hydrogens (tertiary/aromatic N) is 1. The Balaban J connectivity index is 1.96. The smallest absolute Gasteiger partial charge is 0.264 e. The van der Waals surface area contributed by atoms with E-state index in [9.17, 15) is 13.2 Å². The molecule has 0 spiro atoms. The number of carbonyl (C=O) groups is 1. The van der Waals surface area contributed by atoms with Crippen LogP contribution >= 0.6 is 0 Å². The summed E-state index contributed by atoms with van der Waals surface area (Å²) in [6.45, 7) is 4.99. The molecule has 3 aromatic carbocycles. The second kappa shape index (κ2) is 12.4. The van der Waals surface area contributed by atoms with E-state index >= 15 is 0 Å². The Labute approximate surface area is 203 Å². The third kappa shape index (κ3) is 6.48. The molecule has 3 rings (SSSR count). The average Bonchev–Trinajstić information content (AvgIpc) is 2.88. The lowest BCUT2D eigenvalue weighted by atomic mass is 9.99. The standard InChI is InChI=1S/C28H34N2O3S/c1-3-5-14-23(4-2)21-29-28(31)26-19-12-13-20-27(26)30(22-24-15-8-6-9-16-24)34(32,33)25-17-10-7-11-18-25/h6-13,15-20,23H,3-5,14,21-22H2,1-2H3,(H,29,31)/t23-/m0/s1. The van der Waals surface area contributed by atoms with Crippen LogP contribution in [0.1, 0.15) is 55.5 Å². The highest BCUT2D eigenvalue weighted by molar-refractivity contribution is 7.92. The zero-order valence-corrected chi connectivity index (χ0v) is 20.8. The summed E-state index contributed by atoms with van der Waals surface area (Å²) in [6, 6.07) is 24.7. The van der Waals surface area contributed by atoms with Crippen LogP contribution in [0.25, 0.3) is 0 Å². The topological polar surface area (TPSA) is 66.5 Å². The molecule has 0 heterocycles. The minimum Gasteiger partial charge on any atom is -0.352 e. The van der Waals surface area contributed by atoms with Crippen molar-refractivity contribution in [2.45, 2.75) is 51.0 Å². The maximum Gasteiger partial charge on any atom is 0.264 e. The average molecular weight is 479 g/mol. The lowest BCUT2D eigenvalue weighted by Gasteiger charge is -2.27. The molecule has 0 unspecified atom stereocenters. The molecule has 1 N–H and O–H groups in total. The largest absolute Gasteiger partial charge is 0.352 e. The fourth-order valence-corrected chi connectivity index (χ4v) is 5.42. The van der Waals surface area contributed by atoms with E-state index in [-0.39, 0.29) is 17.3 Å². The van der Waals surface area contributed by atoms with E-state index in [1.807, 2.05) is 30.3 Å². The molecule has 0 saturated carbocycles. The second-order valence-corrected chi connectivity index (χ2v) is 10.3. The fourth-order valence-electron chi connectivity index (χ4n) is 3.93. The lowest BCUT2D eigenvalue weighted by molar-refractivity contribution is 0.0946. The van der Waals surface area contributed by atoms with Crippen LogP contribution < -0.4 is 9.62 Å². The van der Waals surface area contributed by atoms with Gasteiger partial charge in [0.05, 0.1) is 22.7 Å². The number of benzene rings is 3. The molecule has 5 nitrogen and oxygen atoms in total. The van der Waals surface area contributed by atoms with Crippen LogP contribution in [0.3, 0.4) is 0 Å². The Kier molecular flexibility index (Phi) is 9.28. The lowest BCUT2D eigenvalue weighted by Crippen LogP contribution is -2.34. The molecular formula is C28H34N2O3S. The van der Waals surface area contributed by atoms with Crippen LogP contribution in [-0.4, -0.2) is 20.9 Å². The number of nitrogens with one attached hydrogen (secondary N) is 1. The zero-order valence-electron chi connectivity index (χ0n) is 20.0. The first kappa shape index (κ1) is 25.5. The minimum absolute atomic E-state index is 0.121. The van der Waals surface area contributed by atoms with Gasteiger partial charge in [0.1, 0.15) is 0 Å². The van der Waals surface area contributed by atoms with Gasteiger partial charge in [-0.2, -0.15) is 0 Å². The normalized spacial score (nSPS) is 12.2. The van der Waals surface area contributed by atoms with Gasteiger partial charge in [0.15, 0.2) is 0 Å². The van der Waals surface area contributed by atoms with Crippen molar-refractivity contribution in [3.05, 3.63) is 96.1 Å². The van der Waals surface area contributed by atoms with Crippen molar-refractivity contribution in [3.63, 3.8) is 0 Å². The quantitative estimate of drug-likeness (QED) is 0.346. The van der Waals surface area contributed by atoms with E-state index in [2.05, 4.69) is 19.2 Å². The molecule has 0 aliphatic heterocycles. The molecule has 34 heavy (non-hydrogen) atoms. The first-order chi connectivity index (χ1) is 16.5. The molecule has 0 radical (unpaired) electrons. The van der Waals surface area contributed by atoms with E-state index in [1.54, 1.807) is 54.6 Å². The van der Waals surface area contributed by atoms with E-state index in [0.717, 1.165) is 31.2 Å². The first-order valence-corrected chi connectivity index (χ1v) is 13.4. The Bertz CT molecular complexity index is 1150. The molecule has 1 amide bonds. The van der Waals surface area contributed by atoms with Gasteiger partial charge in [-0.05, 0) is 42.2 Å². The van der Waals surface area contributed by atoms with Gasteiger partial charge in [0, 0.05) is 6.54 Å². The predicted octanol–water partition coefficient (Wildman–Crippen LogP) is 6.03. The fraction of sp³-hybridized carbons (Fsp3) is 0.321. The Morgan fingerprint density at radius 3 is 2.15 bits per heavy atom. The van der Waals surface area contributed by atoms with Crippen LogP contribution in [0.15, 0.2) is 89.8 Å². The molecule has 0 saturated heterocycles. The number of carbonyl (C=O) groups excluding carboxylic acids is 1. The first-order valence-electron chi connectivity index (χ1n) is 12.0. The maximum atomic E-state index is 13.7. The van der Waals surface area contributed by atoms with Crippen LogP contribution in [0, 0.1) is 5.92 Å². The van der Waals surface area contributed by atoms with Gasteiger partial charge in [-0.15, -0.1) is 0 Å². The van der Waals surface area contributed by atoms with Crippen LogP contribution in [0.5, 0.6) is 0 Å². The van der Waals surface area contributed by atoms with Crippen molar-refractivity contribution in [2.75, 3.05) is 10.8 Å². The SMILES string of the molecule is CCCC[C@H](CC)CNC(=O)c1ccccc1N(Cc1ccccc1)S(=O)(=O)c1ccccc1. The monoisotopic (exact) mass is 478 g/mol. The van der Waals surface area contributed by atoms with Crippen LogP contribution in [0.4, 0.5) is 5.69 Å².